The molecule has 1 atom stereocenters. The third kappa shape index (κ3) is 2.73. The van der Waals surface area contributed by atoms with Crippen LogP contribution in [0, 0.1) is 0 Å². The third-order valence-electron chi connectivity index (χ3n) is 4.35. The molecule has 0 saturated carbocycles. The molecule has 0 bridgehead atoms. The Hall–Kier alpha value is -2.24. The fourth-order valence-electron chi connectivity index (χ4n) is 3.22. The number of fused-ring (bicyclic) bond motifs is 1. The minimum absolute atomic E-state index is 0.0328. The van der Waals surface area contributed by atoms with Gasteiger partial charge in [0.2, 0.25) is 6.79 Å². The van der Waals surface area contributed by atoms with E-state index in [2.05, 4.69) is 4.90 Å². The Bertz CT molecular complexity index is 697. The van der Waals surface area contributed by atoms with Crippen molar-refractivity contribution in [1.82, 2.24) is 4.90 Å². The topological polar surface area (TPSA) is 51.2 Å². The highest BCUT2D eigenvalue weighted by Crippen LogP contribution is 2.39. The van der Waals surface area contributed by atoms with E-state index < -0.39 is 0 Å². The van der Waals surface area contributed by atoms with Crippen LogP contribution in [0.4, 0.5) is 0 Å². The molecule has 2 aromatic rings. The number of hydrogen-bond acceptors (Lipinski definition) is 5. The molecular weight excluding hydrogens is 294 g/mol. The van der Waals surface area contributed by atoms with Gasteiger partial charge in [-0.3, -0.25) is 4.90 Å². The minimum Gasteiger partial charge on any atom is -0.508 e. The van der Waals surface area contributed by atoms with Crippen LogP contribution in [-0.4, -0.2) is 43.1 Å². The summed E-state index contributed by atoms with van der Waals surface area (Å²) in [5.41, 5.74) is 1.98. The van der Waals surface area contributed by atoms with Crippen LogP contribution in [-0.2, 0) is 4.74 Å². The molecule has 0 aliphatic carbocycles. The molecule has 0 radical (unpaired) electrons. The number of phenols is 1. The van der Waals surface area contributed by atoms with Crippen LogP contribution in [0.3, 0.4) is 0 Å². The highest BCUT2D eigenvalue weighted by Gasteiger charge is 2.27. The fraction of sp³-hybridized carbons (Fsp3) is 0.333. The highest BCUT2D eigenvalue weighted by molar-refractivity contribution is 5.49. The Kier molecular flexibility index (Phi) is 3.81. The van der Waals surface area contributed by atoms with Crippen LogP contribution in [0.1, 0.15) is 17.2 Å². The third-order valence-corrected chi connectivity index (χ3v) is 4.35. The molecule has 23 heavy (non-hydrogen) atoms. The van der Waals surface area contributed by atoms with E-state index in [1.165, 1.54) is 0 Å². The largest absolute Gasteiger partial charge is 0.508 e. The average molecular weight is 313 g/mol. The molecule has 120 valence electrons. The van der Waals surface area contributed by atoms with E-state index in [9.17, 15) is 5.11 Å². The van der Waals surface area contributed by atoms with E-state index in [1.54, 1.807) is 6.07 Å². The second kappa shape index (κ2) is 6.10. The molecule has 5 heteroatoms. The summed E-state index contributed by atoms with van der Waals surface area (Å²) in [7, 11) is 0. The van der Waals surface area contributed by atoms with Crippen LogP contribution >= 0.6 is 0 Å². The van der Waals surface area contributed by atoms with Crippen molar-refractivity contribution in [2.45, 2.75) is 6.04 Å². The molecule has 2 aromatic carbocycles. The zero-order chi connectivity index (χ0) is 15.6. The molecule has 1 N–H and O–H groups in total. The summed E-state index contributed by atoms with van der Waals surface area (Å²) >= 11 is 0. The lowest BCUT2D eigenvalue weighted by molar-refractivity contribution is 0.0235. The number of aromatic hydroxyl groups is 1. The lowest BCUT2D eigenvalue weighted by Gasteiger charge is -2.35. The van der Waals surface area contributed by atoms with Gasteiger partial charge in [0.1, 0.15) is 5.75 Å². The molecule has 2 aliphatic rings. The highest BCUT2D eigenvalue weighted by atomic mass is 16.7. The van der Waals surface area contributed by atoms with Crippen molar-refractivity contribution in [1.29, 1.82) is 0 Å². The number of nitrogens with zero attached hydrogens (tertiary/aromatic N) is 1. The van der Waals surface area contributed by atoms with Crippen molar-refractivity contribution in [3.8, 4) is 17.2 Å². The Morgan fingerprint density at radius 1 is 0.957 bits per heavy atom. The van der Waals surface area contributed by atoms with Gasteiger partial charge in [-0.2, -0.15) is 0 Å². The van der Waals surface area contributed by atoms with Crippen molar-refractivity contribution in [3.63, 3.8) is 0 Å². The lowest BCUT2D eigenvalue weighted by atomic mass is 9.95. The van der Waals surface area contributed by atoms with Crippen LogP contribution in [0.5, 0.6) is 17.2 Å². The summed E-state index contributed by atoms with van der Waals surface area (Å²) in [6, 6.07) is 13.5. The number of morpholine rings is 1. The van der Waals surface area contributed by atoms with E-state index in [4.69, 9.17) is 14.2 Å². The summed E-state index contributed by atoms with van der Waals surface area (Å²) < 4.78 is 16.4. The number of para-hydroxylation sites is 1. The number of benzene rings is 2. The monoisotopic (exact) mass is 313 g/mol. The first kappa shape index (κ1) is 14.4. The van der Waals surface area contributed by atoms with Crippen molar-refractivity contribution in [2.75, 3.05) is 33.1 Å². The molecule has 2 aliphatic heterocycles. The SMILES string of the molecule is Oc1ccccc1C(c1ccc2c(c1)OCO2)N1CCOCC1. The van der Waals surface area contributed by atoms with Crippen molar-refractivity contribution in [2.24, 2.45) is 0 Å². The van der Waals surface area contributed by atoms with Gasteiger partial charge in [0.05, 0.1) is 19.3 Å². The molecule has 4 rings (SSSR count). The maximum atomic E-state index is 10.4. The maximum Gasteiger partial charge on any atom is 0.231 e. The number of rotatable bonds is 3. The molecule has 1 saturated heterocycles. The van der Waals surface area contributed by atoms with Crippen molar-refractivity contribution in [3.05, 3.63) is 53.6 Å². The second-order valence-electron chi connectivity index (χ2n) is 5.72. The minimum atomic E-state index is -0.0328. The molecule has 1 fully saturated rings. The Labute approximate surface area is 135 Å². The Morgan fingerprint density at radius 3 is 2.57 bits per heavy atom. The summed E-state index contributed by atoms with van der Waals surface area (Å²) in [4.78, 5) is 2.33. The van der Waals surface area contributed by atoms with Crippen LogP contribution < -0.4 is 9.47 Å². The number of hydrogen-bond donors (Lipinski definition) is 1. The fourth-order valence-corrected chi connectivity index (χ4v) is 3.22. The van der Waals surface area contributed by atoms with Crippen LogP contribution in [0.2, 0.25) is 0 Å². The predicted octanol–water partition coefficient (Wildman–Crippen LogP) is 2.54. The van der Waals surface area contributed by atoms with E-state index in [0.717, 1.165) is 35.7 Å². The summed E-state index contributed by atoms with van der Waals surface area (Å²) in [5, 5.41) is 10.4. The van der Waals surface area contributed by atoms with Crippen molar-refractivity contribution < 1.29 is 19.3 Å². The van der Waals surface area contributed by atoms with Gasteiger partial charge in [0, 0.05) is 18.7 Å². The quantitative estimate of drug-likeness (QED) is 0.944. The summed E-state index contributed by atoms with van der Waals surface area (Å²) in [5.74, 6) is 1.84. The molecule has 0 aromatic heterocycles. The molecule has 1 unspecified atom stereocenters. The molecular formula is C18H19NO4. The van der Waals surface area contributed by atoms with Gasteiger partial charge < -0.3 is 19.3 Å². The molecule has 2 heterocycles. The van der Waals surface area contributed by atoms with E-state index in [0.29, 0.717) is 19.0 Å². The zero-order valence-electron chi connectivity index (χ0n) is 12.8. The first-order valence-electron chi connectivity index (χ1n) is 7.82. The number of ether oxygens (including phenoxy) is 3. The standard InChI is InChI=1S/C18H19NO4/c20-15-4-2-1-3-14(15)18(19-7-9-21-10-8-19)13-5-6-16-17(11-13)23-12-22-16/h1-6,11,18,20H,7-10,12H2. The Morgan fingerprint density at radius 2 is 1.74 bits per heavy atom. The van der Waals surface area contributed by atoms with Gasteiger partial charge in [-0.1, -0.05) is 24.3 Å². The van der Waals surface area contributed by atoms with Gasteiger partial charge in [-0.05, 0) is 23.8 Å². The molecule has 0 amide bonds. The lowest BCUT2D eigenvalue weighted by Crippen LogP contribution is -2.39. The van der Waals surface area contributed by atoms with Crippen molar-refractivity contribution >= 4 is 0 Å². The van der Waals surface area contributed by atoms with Crippen LogP contribution in [0.15, 0.2) is 42.5 Å². The second-order valence-corrected chi connectivity index (χ2v) is 5.72. The van der Waals surface area contributed by atoms with Crippen LogP contribution in [0.25, 0.3) is 0 Å². The first-order valence-corrected chi connectivity index (χ1v) is 7.82. The van der Waals surface area contributed by atoms with Gasteiger partial charge in [0.25, 0.3) is 0 Å². The van der Waals surface area contributed by atoms with Gasteiger partial charge >= 0.3 is 0 Å². The Balaban J connectivity index is 1.77. The average Bonchev–Trinajstić information content (AvgIpc) is 3.06. The normalized spacial score (nSPS) is 18.8. The van der Waals surface area contributed by atoms with E-state index in [-0.39, 0.29) is 12.8 Å². The maximum absolute atomic E-state index is 10.4. The zero-order valence-corrected chi connectivity index (χ0v) is 12.8. The van der Waals surface area contributed by atoms with E-state index in [1.807, 2.05) is 36.4 Å². The predicted molar refractivity (Wildman–Crippen MR) is 84.9 cm³/mol. The molecule has 5 nitrogen and oxygen atoms in total. The summed E-state index contributed by atoms with van der Waals surface area (Å²) in [6.07, 6.45) is 0. The van der Waals surface area contributed by atoms with Gasteiger partial charge in [0.15, 0.2) is 11.5 Å². The number of phenolic OH excluding ortho intramolecular Hbond substituents is 1. The summed E-state index contributed by atoms with van der Waals surface area (Å²) in [6.45, 7) is 3.32. The van der Waals surface area contributed by atoms with Gasteiger partial charge in [-0.15, -0.1) is 0 Å². The molecule has 0 spiro atoms. The smallest absolute Gasteiger partial charge is 0.231 e. The van der Waals surface area contributed by atoms with E-state index >= 15 is 0 Å². The van der Waals surface area contributed by atoms with Gasteiger partial charge in [-0.25, -0.2) is 0 Å². The first-order chi connectivity index (χ1) is 11.3.